The summed E-state index contributed by atoms with van der Waals surface area (Å²) in [5, 5.41) is 12.9. The molecule has 0 radical (unpaired) electrons. The standard InChI is InChI=1S/C34H48N4O7/c1-7-11-12-27(40)35-20-23(6)44-33(43)28-26-17-18-34(45-26)29(28)31(41)38(22(5)21-39)30(34)32(42)37(19-8-2)25-15-13-24(14-16-25)36(9-3)10-4/h7-8,13-16,22-23,26,28-30,39H,1-2,9-12,17-21H2,3-6H3,(H,35,40)/t22-,23+,26-,28+,29+,30-,34+/m1/s1. The van der Waals surface area contributed by atoms with Gasteiger partial charge in [-0.25, -0.2) is 0 Å². The molecule has 7 atom stereocenters. The van der Waals surface area contributed by atoms with E-state index in [-0.39, 0.29) is 31.5 Å². The Balaban J connectivity index is 1.61. The van der Waals surface area contributed by atoms with Crippen LogP contribution in [0.15, 0.2) is 49.6 Å². The molecule has 2 N–H and O–H groups in total. The zero-order valence-corrected chi connectivity index (χ0v) is 26.9. The van der Waals surface area contributed by atoms with Gasteiger partial charge in [0, 0.05) is 37.4 Å². The van der Waals surface area contributed by atoms with Gasteiger partial charge in [0.15, 0.2) is 0 Å². The van der Waals surface area contributed by atoms with Crippen molar-refractivity contribution in [1.82, 2.24) is 10.2 Å². The van der Waals surface area contributed by atoms with Crippen molar-refractivity contribution in [3.05, 3.63) is 49.6 Å². The van der Waals surface area contributed by atoms with E-state index in [4.69, 9.17) is 9.47 Å². The first kappa shape index (κ1) is 34.2. The first-order chi connectivity index (χ1) is 21.6. The first-order valence-electron chi connectivity index (χ1n) is 16.0. The van der Waals surface area contributed by atoms with Crippen molar-refractivity contribution in [2.45, 2.75) is 83.3 Å². The molecule has 1 spiro atoms. The van der Waals surface area contributed by atoms with E-state index in [0.717, 1.165) is 18.8 Å². The van der Waals surface area contributed by atoms with E-state index >= 15 is 0 Å². The fourth-order valence-corrected chi connectivity index (χ4v) is 7.13. The van der Waals surface area contributed by atoms with Crippen LogP contribution in [0.3, 0.4) is 0 Å². The van der Waals surface area contributed by atoms with Gasteiger partial charge in [-0.05, 0) is 71.2 Å². The van der Waals surface area contributed by atoms with Crippen LogP contribution in [0.25, 0.3) is 0 Å². The predicted octanol–water partition coefficient (Wildman–Crippen LogP) is 2.82. The number of fused-ring (bicyclic) bond motifs is 1. The fraction of sp³-hybridized carbons (Fsp3) is 0.588. The molecule has 1 aromatic rings. The molecule has 0 saturated carbocycles. The topological polar surface area (TPSA) is 129 Å². The number of carbonyl (C=O) groups excluding carboxylic acids is 4. The van der Waals surface area contributed by atoms with Gasteiger partial charge in [0.1, 0.15) is 17.7 Å². The molecule has 3 fully saturated rings. The quantitative estimate of drug-likeness (QED) is 0.212. The molecule has 11 heteroatoms. The second kappa shape index (κ2) is 14.6. The Morgan fingerprint density at radius 3 is 2.42 bits per heavy atom. The van der Waals surface area contributed by atoms with Gasteiger partial charge in [0.05, 0.1) is 37.1 Å². The van der Waals surface area contributed by atoms with Crippen molar-refractivity contribution in [2.75, 3.05) is 42.6 Å². The van der Waals surface area contributed by atoms with E-state index in [0.29, 0.717) is 31.4 Å². The highest BCUT2D eigenvalue weighted by atomic mass is 16.6. The Kier molecular flexibility index (Phi) is 11.1. The molecular formula is C34H48N4O7. The van der Waals surface area contributed by atoms with Crippen LogP contribution in [-0.4, -0.2) is 96.4 Å². The van der Waals surface area contributed by atoms with E-state index in [1.54, 1.807) is 30.9 Å². The van der Waals surface area contributed by atoms with Crippen LogP contribution in [0.2, 0.25) is 0 Å². The molecule has 3 heterocycles. The maximum atomic E-state index is 14.6. The first-order valence-corrected chi connectivity index (χ1v) is 16.0. The highest BCUT2D eigenvalue weighted by molar-refractivity contribution is 6.05. The monoisotopic (exact) mass is 624 g/mol. The van der Waals surface area contributed by atoms with Crippen LogP contribution >= 0.6 is 0 Å². The van der Waals surface area contributed by atoms with Crippen LogP contribution in [0, 0.1) is 11.8 Å². The van der Waals surface area contributed by atoms with Crippen molar-refractivity contribution in [3.8, 4) is 0 Å². The molecule has 4 rings (SSSR count). The number of allylic oxidation sites excluding steroid dienone is 1. The van der Waals surface area contributed by atoms with Gasteiger partial charge < -0.3 is 34.6 Å². The number of aliphatic hydroxyl groups excluding tert-OH is 1. The molecule has 45 heavy (non-hydrogen) atoms. The number of likely N-dealkylation sites (tertiary alicyclic amines) is 1. The lowest BCUT2D eigenvalue weighted by atomic mass is 9.70. The zero-order chi connectivity index (χ0) is 32.9. The van der Waals surface area contributed by atoms with E-state index in [9.17, 15) is 24.3 Å². The number of hydrogen-bond donors (Lipinski definition) is 2. The number of nitrogens with one attached hydrogen (secondary N) is 1. The molecule has 2 bridgehead atoms. The summed E-state index contributed by atoms with van der Waals surface area (Å²) in [6, 6.07) is 5.95. The smallest absolute Gasteiger partial charge is 0.312 e. The average molecular weight is 625 g/mol. The Labute approximate surface area is 266 Å². The van der Waals surface area contributed by atoms with Crippen molar-refractivity contribution in [3.63, 3.8) is 0 Å². The number of rotatable bonds is 16. The summed E-state index contributed by atoms with van der Waals surface area (Å²) < 4.78 is 12.2. The summed E-state index contributed by atoms with van der Waals surface area (Å²) in [6.07, 6.45) is 3.81. The van der Waals surface area contributed by atoms with Crippen LogP contribution in [-0.2, 0) is 28.7 Å². The molecule has 3 amide bonds. The molecule has 3 aliphatic rings. The number of esters is 1. The summed E-state index contributed by atoms with van der Waals surface area (Å²) in [5.41, 5.74) is 0.436. The molecular weight excluding hydrogens is 576 g/mol. The minimum Gasteiger partial charge on any atom is -0.460 e. The number of anilines is 2. The van der Waals surface area contributed by atoms with E-state index in [1.807, 2.05) is 24.3 Å². The Morgan fingerprint density at radius 1 is 1.16 bits per heavy atom. The molecule has 246 valence electrons. The predicted molar refractivity (Wildman–Crippen MR) is 172 cm³/mol. The van der Waals surface area contributed by atoms with Crippen LogP contribution in [0.5, 0.6) is 0 Å². The Morgan fingerprint density at radius 2 is 1.82 bits per heavy atom. The molecule has 3 aliphatic heterocycles. The van der Waals surface area contributed by atoms with Gasteiger partial charge in [-0.2, -0.15) is 0 Å². The molecule has 11 nitrogen and oxygen atoms in total. The summed E-state index contributed by atoms with van der Waals surface area (Å²) in [6.45, 7) is 16.7. The molecule has 0 aliphatic carbocycles. The van der Waals surface area contributed by atoms with Gasteiger partial charge in [0.25, 0.3) is 5.91 Å². The maximum absolute atomic E-state index is 14.6. The maximum Gasteiger partial charge on any atom is 0.312 e. The third-order valence-electron chi connectivity index (χ3n) is 9.33. The van der Waals surface area contributed by atoms with E-state index < -0.39 is 53.6 Å². The van der Waals surface area contributed by atoms with Crippen molar-refractivity contribution in [1.29, 1.82) is 0 Å². The number of aliphatic hydroxyl groups is 1. The number of ether oxygens (including phenoxy) is 2. The highest BCUT2D eigenvalue weighted by Crippen LogP contribution is 2.59. The lowest BCUT2D eigenvalue weighted by Gasteiger charge is -2.38. The van der Waals surface area contributed by atoms with Gasteiger partial charge in [0.2, 0.25) is 11.8 Å². The number of nitrogens with zero attached hydrogens (tertiary/aromatic N) is 3. The lowest BCUT2D eigenvalue weighted by molar-refractivity contribution is -0.159. The van der Waals surface area contributed by atoms with E-state index in [2.05, 4.69) is 37.2 Å². The van der Waals surface area contributed by atoms with Crippen LogP contribution in [0.4, 0.5) is 11.4 Å². The van der Waals surface area contributed by atoms with Crippen molar-refractivity contribution in [2.24, 2.45) is 11.8 Å². The fourth-order valence-electron chi connectivity index (χ4n) is 7.13. The summed E-state index contributed by atoms with van der Waals surface area (Å²) in [7, 11) is 0. The normalized spacial score (nSPS) is 26.2. The number of amides is 3. The van der Waals surface area contributed by atoms with Crippen LogP contribution < -0.4 is 15.1 Å². The molecule has 1 aromatic carbocycles. The highest BCUT2D eigenvalue weighted by Gasteiger charge is 2.75. The second-order valence-electron chi connectivity index (χ2n) is 12.1. The Hall–Kier alpha value is -3.70. The lowest BCUT2D eigenvalue weighted by Crippen LogP contribution is -2.58. The molecule has 0 unspecified atom stereocenters. The summed E-state index contributed by atoms with van der Waals surface area (Å²) in [5.74, 6) is -3.36. The molecule has 3 saturated heterocycles. The SMILES string of the molecule is C=CCCC(=O)NC[C@H](C)OC(=O)[C@@H]1[C@H]2C(=O)N([C@H](C)CO)[C@H](C(=O)N(CC=C)c3ccc(N(CC)CC)cc3)[C@]23CC[C@H]1O3. The van der Waals surface area contributed by atoms with E-state index in [1.165, 1.54) is 4.90 Å². The van der Waals surface area contributed by atoms with Crippen LogP contribution in [0.1, 0.15) is 53.4 Å². The third-order valence-corrected chi connectivity index (χ3v) is 9.33. The van der Waals surface area contributed by atoms with Crippen molar-refractivity contribution < 1.29 is 33.8 Å². The minimum atomic E-state index is -1.24. The van der Waals surface area contributed by atoms with Gasteiger partial charge in [-0.3, -0.25) is 19.2 Å². The van der Waals surface area contributed by atoms with Crippen molar-refractivity contribution >= 4 is 35.1 Å². The number of benzene rings is 1. The average Bonchev–Trinajstić information content (AvgIpc) is 3.69. The number of hydrogen-bond acceptors (Lipinski definition) is 8. The van der Waals surface area contributed by atoms with Gasteiger partial charge in [-0.1, -0.05) is 12.2 Å². The van der Waals surface area contributed by atoms with Gasteiger partial charge >= 0.3 is 5.97 Å². The van der Waals surface area contributed by atoms with Gasteiger partial charge in [-0.15, -0.1) is 13.2 Å². The zero-order valence-electron chi connectivity index (χ0n) is 26.9. The third kappa shape index (κ3) is 6.51. The Bertz CT molecular complexity index is 1270. The minimum absolute atomic E-state index is 0.127. The second-order valence-corrected chi connectivity index (χ2v) is 12.1. The number of carbonyl (C=O) groups is 4. The largest absolute Gasteiger partial charge is 0.460 e. The summed E-state index contributed by atoms with van der Waals surface area (Å²) in [4.78, 5) is 59.6. The molecule has 0 aromatic heterocycles. The summed E-state index contributed by atoms with van der Waals surface area (Å²) >= 11 is 0.